The van der Waals surface area contributed by atoms with Gasteiger partial charge in [0.1, 0.15) is 6.10 Å². The Bertz CT molecular complexity index is 641. The SMILES string of the molecule is C#CCN1C(=O)N([C@@H]2O[C@H](CO)C[C@H]2O)C2=NC(=N)NC(=O)C21. The van der Waals surface area contributed by atoms with Crippen molar-refractivity contribution in [3.05, 3.63) is 0 Å². The Morgan fingerprint density at radius 3 is 2.87 bits per heavy atom. The van der Waals surface area contributed by atoms with E-state index in [9.17, 15) is 14.7 Å². The highest BCUT2D eigenvalue weighted by atomic mass is 16.5. The van der Waals surface area contributed by atoms with Crippen LogP contribution in [-0.2, 0) is 9.53 Å². The number of ether oxygens (including phenoxy) is 1. The molecule has 3 rings (SSSR count). The third kappa shape index (κ3) is 2.35. The summed E-state index contributed by atoms with van der Waals surface area (Å²) >= 11 is 0. The molecule has 0 aromatic carbocycles. The van der Waals surface area contributed by atoms with Gasteiger partial charge in [-0.2, -0.15) is 4.99 Å². The predicted octanol–water partition coefficient (Wildman–Crippen LogP) is -2.34. The number of aliphatic imine (C=N–C) groups is 1. The highest BCUT2D eigenvalue weighted by molar-refractivity contribution is 6.25. The first-order chi connectivity index (χ1) is 11.0. The van der Waals surface area contributed by atoms with Gasteiger partial charge in [0.25, 0.3) is 5.91 Å². The van der Waals surface area contributed by atoms with Crippen LogP contribution in [0.1, 0.15) is 6.42 Å². The van der Waals surface area contributed by atoms with Crippen LogP contribution >= 0.6 is 0 Å². The van der Waals surface area contributed by atoms with Crippen molar-refractivity contribution in [2.24, 2.45) is 4.99 Å². The molecule has 3 heterocycles. The molecule has 0 spiro atoms. The average molecular weight is 321 g/mol. The van der Waals surface area contributed by atoms with Crippen LogP contribution in [-0.4, -0.2) is 81.4 Å². The van der Waals surface area contributed by atoms with E-state index in [1.807, 2.05) is 0 Å². The molecule has 0 saturated carbocycles. The average Bonchev–Trinajstić information content (AvgIpc) is 2.98. The topological polar surface area (TPSA) is 139 Å². The Morgan fingerprint density at radius 1 is 1.52 bits per heavy atom. The van der Waals surface area contributed by atoms with E-state index in [4.69, 9.17) is 21.7 Å². The summed E-state index contributed by atoms with van der Waals surface area (Å²) in [4.78, 5) is 30.8. The van der Waals surface area contributed by atoms with Crippen LogP contribution in [0.5, 0.6) is 0 Å². The number of terminal acetylenes is 1. The number of guanidine groups is 1. The molecule has 4 N–H and O–H groups in total. The molecule has 2 saturated heterocycles. The predicted molar refractivity (Wildman–Crippen MR) is 76.2 cm³/mol. The van der Waals surface area contributed by atoms with Gasteiger partial charge in [-0.25, -0.2) is 9.69 Å². The van der Waals surface area contributed by atoms with Crippen molar-refractivity contribution in [1.29, 1.82) is 5.41 Å². The summed E-state index contributed by atoms with van der Waals surface area (Å²) in [6.07, 6.45) is 2.61. The minimum atomic E-state index is -1.10. The molecule has 4 atom stereocenters. The van der Waals surface area contributed by atoms with Crippen LogP contribution in [0.15, 0.2) is 4.99 Å². The van der Waals surface area contributed by atoms with Gasteiger partial charge in [0.2, 0.25) is 5.96 Å². The smallest absolute Gasteiger partial charge is 0.329 e. The van der Waals surface area contributed by atoms with Crippen LogP contribution in [0.4, 0.5) is 4.79 Å². The summed E-state index contributed by atoms with van der Waals surface area (Å²) in [6, 6.07) is -1.71. The molecule has 0 aromatic heterocycles. The molecule has 10 nitrogen and oxygen atoms in total. The number of aliphatic hydroxyl groups is 2. The number of amidine groups is 1. The molecule has 3 aliphatic rings. The summed E-state index contributed by atoms with van der Waals surface area (Å²) in [5.41, 5.74) is 0. The largest absolute Gasteiger partial charge is 0.394 e. The van der Waals surface area contributed by atoms with Crippen LogP contribution in [0.3, 0.4) is 0 Å². The maximum Gasteiger partial charge on any atom is 0.329 e. The van der Waals surface area contributed by atoms with Gasteiger partial charge in [-0.15, -0.1) is 6.42 Å². The van der Waals surface area contributed by atoms with Gasteiger partial charge in [0.15, 0.2) is 18.1 Å². The number of amides is 3. The van der Waals surface area contributed by atoms with E-state index < -0.39 is 42.4 Å². The fourth-order valence-corrected chi connectivity index (χ4v) is 2.90. The molecule has 1 unspecified atom stereocenters. The molecule has 3 amide bonds. The maximum atomic E-state index is 12.6. The number of hydrogen-bond donors (Lipinski definition) is 4. The van der Waals surface area contributed by atoms with Crippen molar-refractivity contribution < 1.29 is 24.5 Å². The zero-order chi connectivity index (χ0) is 16.7. The third-order valence-electron chi connectivity index (χ3n) is 3.86. The van der Waals surface area contributed by atoms with Crippen LogP contribution in [0, 0.1) is 17.8 Å². The van der Waals surface area contributed by atoms with Crippen LogP contribution in [0.25, 0.3) is 0 Å². The molecule has 0 bridgehead atoms. The number of nitrogens with one attached hydrogen (secondary N) is 2. The first-order valence-corrected chi connectivity index (χ1v) is 6.93. The van der Waals surface area contributed by atoms with Gasteiger partial charge in [-0.1, -0.05) is 5.92 Å². The minimum Gasteiger partial charge on any atom is -0.394 e. The molecule has 2 fully saturated rings. The van der Waals surface area contributed by atoms with Crippen LogP contribution in [0.2, 0.25) is 0 Å². The monoisotopic (exact) mass is 321 g/mol. The lowest BCUT2D eigenvalue weighted by Crippen LogP contribution is -2.53. The fraction of sp³-hybridized carbons (Fsp3) is 0.538. The van der Waals surface area contributed by atoms with Gasteiger partial charge in [0.05, 0.1) is 19.3 Å². The van der Waals surface area contributed by atoms with E-state index >= 15 is 0 Å². The lowest BCUT2D eigenvalue weighted by Gasteiger charge is -2.27. The van der Waals surface area contributed by atoms with Crippen molar-refractivity contribution in [3.8, 4) is 12.3 Å². The Morgan fingerprint density at radius 2 is 2.26 bits per heavy atom. The number of aliphatic hydroxyl groups excluding tert-OH is 2. The van der Waals surface area contributed by atoms with E-state index in [-0.39, 0.29) is 25.4 Å². The summed E-state index contributed by atoms with van der Waals surface area (Å²) in [5.74, 6) is 1.27. The number of rotatable bonds is 3. The zero-order valence-electron chi connectivity index (χ0n) is 12.0. The summed E-state index contributed by atoms with van der Waals surface area (Å²) in [7, 11) is 0. The molecule has 23 heavy (non-hydrogen) atoms. The Kier molecular flexibility index (Phi) is 3.77. The number of hydrogen-bond acceptors (Lipinski definition) is 6. The second-order valence-corrected chi connectivity index (χ2v) is 5.33. The molecule has 3 aliphatic heterocycles. The molecule has 0 aliphatic carbocycles. The van der Waals surface area contributed by atoms with Crippen molar-refractivity contribution >= 4 is 23.7 Å². The Balaban J connectivity index is 1.99. The Labute approximate surface area is 131 Å². The van der Waals surface area contributed by atoms with Gasteiger partial charge in [-0.3, -0.25) is 20.4 Å². The second-order valence-electron chi connectivity index (χ2n) is 5.33. The minimum absolute atomic E-state index is 0.0124. The van der Waals surface area contributed by atoms with Gasteiger partial charge in [-0.05, 0) is 0 Å². The van der Waals surface area contributed by atoms with E-state index in [0.717, 1.165) is 9.80 Å². The highest BCUT2D eigenvalue weighted by Crippen LogP contribution is 2.30. The van der Waals surface area contributed by atoms with Gasteiger partial charge >= 0.3 is 6.03 Å². The molecular formula is C13H15N5O5. The molecule has 0 aromatic rings. The quantitative estimate of drug-likeness (QED) is 0.431. The fourth-order valence-electron chi connectivity index (χ4n) is 2.90. The Hall–Kier alpha value is -2.48. The van der Waals surface area contributed by atoms with Crippen molar-refractivity contribution in [3.63, 3.8) is 0 Å². The normalized spacial score (nSPS) is 33.4. The number of carbonyl (C=O) groups is 2. The van der Waals surface area contributed by atoms with Crippen molar-refractivity contribution in [1.82, 2.24) is 15.1 Å². The maximum absolute atomic E-state index is 12.6. The van der Waals surface area contributed by atoms with Crippen molar-refractivity contribution in [2.75, 3.05) is 13.2 Å². The van der Waals surface area contributed by atoms with E-state index in [0.29, 0.717) is 0 Å². The lowest BCUT2D eigenvalue weighted by molar-refractivity contribution is -0.121. The number of fused-ring (bicyclic) bond motifs is 1. The first kappa shape index (κ1) is 15.4. The molecule has 0 radical (unpaired) electrons. The van der Waals surface area contributed by atoms with E-state index in [1.54, 1.807) is 0 Å². The standard InChI is InChI=1S/C13H15N5O5/c1-2-3-17-8-9(15-12(14)16-10(8)21)18(13(17)22)11-7(20)4-6(5-19)23-11/h1,6-8,11,19-20H,3-5H2,(H2,14,16,21)/t6-,7+,8?,11+/m0/s1. The molecule has 122 valence electrons. The van der Waals surface area contributed by atoms with Gasteiger partial charge < -0.3 is 14.9 Å². The number of urea groups is 1. The summed E-state index contributed by atoms with van der Waals surface area (Å²) < 4.78 is 5.47. The zero-order valence-corrected chi connectivity index (χ0v) is 12.0. The summed E-state index contributed by atoms with van der Waals surface area (Å²) in [5, 5.41) is 29.0. The molecule has 10 heteroatoms. The second kappa shape index (κ2) is 5.62. The van der Waals surface area contributed by atoms with Crippen molar-refractivity contribution in [2.45, 2.75) is 30.9 Å². The number of carbonyl (C=O) groups excluding carboxylic acids is 2. The van der Waals surface area contributed by atoms with E-state index in [1.165, 1.54) is 0 Å². The van der Waals surface area contributed by atoms with Gasteiger partial charge in [0, 0.05) is 6.42 Å². The summed E-state index contributed by atoms with van der Waals surface area (Å²) in [6.45, 7) is -0.443. The number of nitrogens with zero attached hydrogens (tertiary/aromatic N) is 3. The highest BCUT2D eigenvalue weighted by Gasteiger charge is 2.54. The van der Waals surface area contributed by atoms with Crippen LogP contribution < -0.4 is 5.32 Å². The first-order valence-electron chi connectivity index (χ1n) is 6.93. The molecular weight excluding hydrogens is 306 g/mol. The van der Waals surface area contributed by atoms with E-state index in [2.05, 4.69) is 16.2 Å². The third-order valence-corrected chi connectivity index (χ3v) is 3.86. The lowest BCUT2D eigenvalue weighted by atomic mass is 10.1.